The number of nitrogens with one attached hydrogen (secondary N) is 2. The highest BCUT2D eigenvalue weighted by atomic mass is 16.5. The number of anilines is 2. The predicted octanol–water partition coefficient (Wildman–Crippen LogP) is 4.96. The van der Waals surface area contributed by atoms with Gasteiger partial charge in [0.05, 0.1) is 16.9 Å². The molecule has 0 aliphatic carbocycles. The molecule has 0 saturated heterocycles. The number of hydrogen-bond acceptors (Lipinski definition) is 4. The molecule has 0 atom stereocenters. The molecule has 0 bridgehead atoms. The van der Waals surface area contributed by atoms with Gasteiger partial charge in [0, 0.05) is 0 Å². The lowest BCUT2D eigenvalue weighted by Gasteiger charge is -2.10. The van der Waals surface area contributed by atoms with E-state index in [0.717, 1.165) is 16.9 Å². The number of esters is 1. The summed E-state index contributed by atoms with van der Waals surface area (Å²) in [4.78, 5) is 12.2. The summed E-state index contributed by atoms with van der Waals surface area (Å²) in [6.07, 6.45) is 0. The van der Waals surface area contributed by atoms with Crippen molar-refractivity contribution in [1.29, 1.82) is 0 Å². The lowest BCUT2D eigenvalue weighted by molar-refractivity contribution is 0.0735. The highest BCUT2D eigenvalue weighted by Crippen LogP contribution is 2.16. The summed E-state index contributed by atoms with van der Waals surface area (Å²) >= 11 is 0. The van der Waals surface area contributed by atoms with Crippen LogP contribution in [0, 0.1) is 13.8 Å². The molecule has 0 spiro atoms. The summed E-state index contributed by atoms with van der Waals surface area (Å²) < 4.78 is 5.36. The lowest BCUT2D eigenvalue weighted by Crippen LogP contribution is -2.10. The lowest BCUT2D eigenvalue weighted by atomic mass is 10.2. The fourth-order valence-corrected chi connectivity index (χ4v) is 2.24. The fourth-order valence-electron chi connectivity index (χ4n) is 2.24. The Kier molecular flexibility index (Phi) is 5.00. The molecular weight excluding hydrogens is 312 g/mol. The minimum absolute atomic E-state index is 0.373. The molecule has 25 heavy (non-hydrogen) atoms. The van der Waals surface area contributed by atoms with Crippen LogP contribution in [0.15, 0.2) is 72.8 Å². The molecule has 2 N–H and O–H groups in total. The summed E-state index contributed by atoms with van der Waals surface area (Å²) in [6.45, 7) is 4.04. The van der Waals surface area contributed by atoms with Crippen LogP contribution in [0.2, 0.25) is 0 Å². The van der Waals surface area contributed by atoms with Gasteiger partial charge in [0.1, 0.15) is 5.75 Å². The van der Waals surface area contributed by atoms with Gasteiger partial charge in [-0.1, -0.05) is 35.4 Å². The van der Waals surface area contributed by atoms with E-state index in [1.165, 1.54) is 5.56 Å². The third-order valence-corrected chi connectivity index (χ3v) is 3.75. The predicted molar refractivity (Wildman–Crippen MR) is 101 cm³/mol. The van der Waals surface area contributed by atoms with E-state index in [1.54, 1.807) is 24.3 Å². The maximum absolute atomic E-state index is 12.2. The second kappa shape index (κ2) is 7.53. The molecule has 0 aromatic heterocycles. The minimum Gasteiger partial charge on any atom is -0.423 e. The zero-order valence-electron chi connectivity index (χ0n) is 14.2. The average Bonchev–Trinajstić information content (AvgIpc) is 2.63. The van der Waals surface area contributed by atoms with Crippen LogP contribution in [0.5, 0.6) is 5.75 Å². The van der Waals surface area contributed by atoms with Gasteiger partial charge in [-0.2, -0.15) is 0 Å². The van der Waals surface area contributed by atoms with Crippen molar-refractivity contribution in [3.8, 4) is 5.75 Å². The number of hydrazine groups is 1. The Hall–Kier alpha value is -3.27. The largest absolute Gasteiger partial charge is 0.423 e. The van der Waals surface area contributed by atoms with Crippen LogP contribution in [0.1, 0.15) is 21.5 Å². The van der Waals surface area contributed by atoms with Crippen molar-refractivity contribution in [2.45, 2.75) is 13.8 Å². The number of benzene rings is 3. The minimum atomic E-state index is -0.373. The van der Waals surface area contributed by atoms with E-state index < -0.39 is 0 Å². The number of hydrogen-bond donors (Lipinski definition) is 2. The van der Waals surface area contributed by atoms with Crippen molar-refractivity contribution in [2.75, 3.05) is 10.9 Å². The number of carbonyl (C=O) groups excluding carboxylic acids is 1. The second-order valence-electron chi connectivity index (χ2n) is 5.90. The zero-order valence-corrected chi connectivity index (χ0v) is 14.2. The van der Waals surface area contributed by atoms with Gasteiger partial charge in [-0.05, 0) is 62.4 Å². The molecule has 3 aromatic rings. The van der Waals surface area contributed by atoms with Crippen LogP contribution in [-0.2, 0) is 0 Å². The number of rotatable bonds is 5. The maximum atomic E-state index is 12.2. The van der Waals surface area contributed by atoms with Crippen LogP contribution in [0.25, 0.3) is 0 Å². The number of carbonyl (C=O) groups is 1. The fraction of sp³-hybridized carbons (Fsp3) is 0.0952. The first-order valence-electron chi connectivity index (χ1n) is 8.08. The Balaban J connectivity index is 1.58. The van der Waals surface area contributed by atoms with E-state index in [0.29, 0.717) is 11.3 Å². The molecule has 0 amide bonds. The first-order chi connectivity index (χ1) is 12.1. The normalized spacial score (nSPS) is 10.2. The molecule has 0 aliphatic heterocycles. The topological polar surface area (TPSA) is 50.4 Å². The molecule has 3 aromatic carbocycles. The second-order valence-corrected chi connectivity index (χ2v) is 5.90. The summed E-state index contributed by atoms with van der Waals surface area (Å²) in [5.41, 5.74) is 10.9. The highest BCUT2D eigenvalue weighted by Gasteiger charge is 2.08. The van der Waals surface area contributed by atoms with Gasteiger partial charge < -0.3 is 15.6 Å². The molecule has 126 valence electrons. The molecule has 4 nitrogen and oxygen atoms in total. The van der Waals surface area contributed by atoms with E-state index in [-0.39, 0.29) is 5.97 Å². The van der Waals surface area contributed by atoms with Crippen LogP contribution >= 0.6 is 0 Å². The highest BCUT2D eigenvalue weighted by molar-refractivity contribution is 5.91. The van der Waals surface area contributed by atoms with Gasteiger partial charge in [0.2, 0.25) is 0 Å². The molecule has 4 heteroatoms. The monoisotopic (exact) mass is 332 g/mol. The summed E-state index contributed by atoms with van der Waals surface area (Å²) in [6, 6.07) is 22.6. The first-order valence-corrected chi connectivity index (χ1v) is 8.08. The molecule has 0 saturated carbocycles. The van der Waals surface area contributed by atoms with Crippen LogP contribution < -0.4 is 15.6 Å². The van der Waals surface area contributed by atoms with Gasteiger partial charge in [-0.15, -0.1) is 0 Å². The van der Waals surface area contributed by atoms with E-state index in [4.69, 9.17) is 4.74 Å². The van der Waals surface area contributed by atoms with Crippen molar-refractivity contribution in [3.63, 3.8) is 0 Å². The molecule has 3 rings (SSSR count). The van der Waals surface area contributed by atoms with Gasteiger partial charge >= 0.3 is 5.97 Å². The Morgan fingerprint density at radius 1 is 0.680 bits per heavy atom. The average molecular weight is 332 g/mol. The third-order valence-electron chi connectivity index (χ3n) is 3.75. The van der Waals surface area contributed by atoms with E-state index in [9.17, 15) is 4.79 Å². The Morgan fingerprint density at radius 2 is 1.12 bits per heavy atom. The Morgan fingerprint density at radius 3 is 1.64 bits per heavy atom. The SMILES string of the molecule is Cc1ccc(NNc2ccc(C(=O)Oc3ccc(C)cc3)cc2)cc1. The Labute approximate surface area is 147 Å². The van der Waals surface area contributed by atoms with E-state index in [2.05, 4.69) is 10.9 Å². The quantitative estimate of drug-likeness (QED) is 0.394. The zero-order chi connectivity index (χ0) is 17.6. The first kappa shape index (κ1) is 16.6. The molecular formula is C21H20N2O2. The van der Waals surface area contributed by atoms with E-state index in [1.807, 2.05) is 62.4 Å². The van der Waals surface area contributed by atoms with Crippen LogP contribution in [-0.4, -0.2) is 5.97 Å². The molecule has 0 heterocycles. The number of aryl methyl sites for hydroxylation is 2. The molecule has 0 unspecified atom stereocenters. The van der Waals surface area contributed by atoms with E-state index >= 15 is 0 Å². The Bertz CT molecular complexity index is 839. The van der Waals surface area contributed by atoms with Crippen molar-refractivity contribution in [3.05, 3.63) is 89.5 Å². The van der Waals surface area contributed by atoms with Gasteiger partial charge in [-0.25, -0.2) is 4.79 Å². The smallest absolute Gasteiger partial charge is 0.343 e. The summed E-state index contributed by atoms with van der Waals surface area (Å²) in [5, 5.41) is 0. The van der Waals surface area contributed by atoms with Gasteiger partial charge in [0.25, 0.3) is 0 Å². The van der Waals surface area contributed by atoms with Gasteiger partial charge in [0.15, 0.2) is 0 Å². The summed E-state index contributed by atoms with van der Waals surface area (Å²) in [7, 11) is 0. The summed E-state index contributed by atoms with van der Waals surface area (Å²) in [5.74, 6) is 0.167. The molecule has 0 radical (unpaired) electrons. The van der Waals surface area contributed by atoms with Crippen molar-refractivity contribution in [1.82, 2.24) is 0 Å². The van der Waals surface area contributed by atoms with Gasteiger partial charge in [-0.3, -0.25) is 0 Å². The maximum Gasteiger partial charge on any atom is 0.343 e. The molecule has 0 fully saturated rings. The third kappa shape index (κ3) is 4.61. The van der Waals surface area contributed by atoms with Crippen molar-refractivity contribution >= 4 is 17.3 Å². The molecule has 0 aliphatic rings. The van der Waals surface area contributed by atoms with Crippen LogP contribution in [0.4, 0.5) is 11.4 Å². The number of ether oxygens (including phenoxy) is 1. The van der Waals surface area contributed by atoms with Crippen molar-refractivity contribution in [2.24, 2.45) is 0 Å². The van der Waals surface area contributed by atoms with Crippen LogP contribution in [0.3, 0.4) is 0 Å². The van der Waals surface area contributed by atoms with Crippen molar-refractivity contribution < 1.29 is 9.53 Å². The standard InChI is InChI=1S/C21H20N2O2/c1-15-3-9-18(10-4-15)22-23-19-11-7-17(8-12-19)21(24)25-20-13-5-16(2)6-14-20/h3-14,22-23H,1-2H3.